The highest BCUT2D eigenvalue weighted by Crippen LogP contribution is 2.28. The molecule has 3 aromatic rings. The Morgan fingerprint density at radius 3 is 2.68 bits per heavy atom. The third kappa shape index (κ3) is 3.40. The van der Waals surface area contributed by atoms with Crippen LogP contribution in [0.25, 0.3) is 11.2 Å². The molecule has 3 heterocycles. The van der Waals surface area contributed by atoms with Crippen molar-refractivity contribution in [3.05, 3.63) is 54.0 Å². The van der Waals surface area contributed by atoms with Gasteiger partial charge in [0.2, 0.25) is 10.0 Å². The molecule has 0 saturated carbocycles. The molecule has 148 valence electrons. The van der Waals surface area contributed by atoms with E-state index in [0.717, 1.165) is 35.7 Å². The highest BCUT2D eigenvalue weighted by atomic mass is 32.2. The Hall–Kier alpha value is -2.39. The summed E-state index contributed by atoms with van der Waals surface area (Å²) in [6.45, 7) is 3.35. The minimum Gasteiger partial charge on any atom is -0.313 e. The smallest absolute Gasteiger partial charge is 0.243 e. The maximum Gasteiger partial charge on any atom is 0.243 e. The number of halogens is 2. The van der Waals surface area contributed by atoms with Crippen molar-refractivity contribution < 1.29 is 17.2 Å². The predicted octanol–water partition coefficient (Wildman–Crippen LogP) is 2.98. The van der Waals surface area contributed by atoms with E-state index < -0.39 is 21.7 Å². The minimum absolute atomic E-state index is 0.0790. The van der Waals surface area contributed by atoms with Crippen LogP contribution in [0.1, 0.15) is 19.2 Å². The third-order valence-electron chi connectivity index (χ3n) is 5.09. The normalized spacial score (nSPS) is 18.2. The van der Waals surface area contributed by atoms with E-state index in [-0.39, 0.29) is 10.8 Å². The molecular formula is C19H20F2N4O2S. The number of aryl methyl sites for hydroxylation is 1. The quantitative estimate of drug-likeness (QED) is 0.653. The molecule has 1 aliphatic rings. The lowest BCUT2D eigenvalue weighted by Crippen LogP contribution is -2.29. The van der Waals surface area contributed by atoms with Gasteiger partial charge in [-0.25, -0.2) is 27.2 Å². The van der Waals surface area contributed by atoms with Gasteiger partial charge in [0.1, 0.15) is 23.0 Å². The van der Waals surface area contributed by atoms with E-state index in [0.29, 0.717) is 32.0 Å². The second-order valence-electron chi connectivity index (χ2n) is 6.95. The zero-order valence-electron chi connectivity index (χ0n) is 15.3. The fourth-order valence-corrected chi connectivity index (χ4v) is 5.33. The number of imidazole rings is 1. The largest absolute Gasteiger partial charge is 0.313 e. The van der Waals surface area contributed by atoms with Crippen LogP contribution >= 0.6 is 0 Å². The number of hydrogen-bond donors (Lipinski definition) is 0. The van der Waals surface area contributed by atoms with Crippen LogP contribution in [0.4, 0.5) is 8.78 Å². The molecule has 0 amide bonds. The number of fused-ring (bicyclic) bond motifs is 1. The van der Waals surface area contributed by atoms with Crippen molar-refractivity contribution in [2.24, 2.45) is 5.92 Å². The van der Waals surface area contributed by atoms with Crippen molar-refractivity contribution in [3.8, 4) is 0 Å². The average Bonchev–Trinajstić information content (AvgIpc) is 3.25. The van der Waals surface area contributed by atoms with Gasteiger partial charge in [-0.2, -0.15) is 4.31 Å². The first-order chi connectivity index (χ1) is 13.4. The highest BCUT2D eigenvalue weighted by Gasteiger charge is 2.34. The standard InChI is InChI=1S/C19H20F2N4O2S/c1-2-25-18(23-17-4-3-6-22-19(17)25)8-13-5-7-24(12-13)28(26,27)16-10-14(20)9-15(21)11-16/h3-4,6,9-11,13H,2,5,7-8,12H2,1H3/t13-/m0/s1. The maximum absolute atomic E-state index is 13.5. The molecule has 0 spiro atoms. The summed E-state index contributed by atoms with van der Waals surface area (Å²) in [5, 5.41) is 0. The van der Waals surface area contributed by atoms with Crippen LogP contribution in [0.3, 0.4) is 0 Å². The fraction of sp³-hybridized carbons (Fsp3) is 0.368. The van der Waals surface area contributed by atoms with Crippen LogP contribution in [0.5, 0.6) is 0 Å². The fourth-order valence-electron chi connectivity index (χ4n) is 3.76. The Morgan fingerprint density at radius 1 is 1.21 bits per heavy atom. The molecule has 28 heavy (non-hydrogen) atoms. The molecule has 0 bridgehead atoms. The van der Waals surface area contributed by atoms with Gasteiger partial charge >= 0.3 is 0 Å². The van der Waals surface area contributed by atoms with Gasteiger partial charge in [-0.15, -0.1) is 0 Å². The molecular weight excluding hydrogens is 386 g/mol. The van der Waals surface area contributed by atoms with Crippen LogP contribution in [-0.4, -0.2) is 40.3 Å². The molecule has 1 aromatic carbocycles. The summed E-state index contributed by atoms with van der Waals surface area (Å²) >= 11 is 0. The van der Waals surface area contributed by atoms with Crippen molar-refractivity contribution in [1.29, 1.82) is 0 Å². The van der Waals surface area contributed by atoms with Gasteiger partial charge in [0, 0.05) is 38.3 Å². The summed E-state index contributed by atoms with van der Waals surface area (Å²) in [6, 6.07) is 6.11. The lowest BCUT2D eigenvalue weighted by Gasteiger charge is -2.17. The molecule has 4 rings (SSSR count). The monoisotopic (exact) mass is 406 g/mol. The first-order valence-electron chi connectivity index (χ1n) is 9.15. The number of pyridine rings is 1. The van der Waals surface area contributed by atoms with Crippen molar-refractivity contribution in [3.63, 3.8) is 0 Å². The van der Waals surface area contributed by atoms with E-state index in [1.54, 1.807) is 6.20 Å². The van der Waals surface area contributed by atoms with Gasteiger partial charge in [0.25, 0.3) is 0 Å². The lowest BCUT2D eigenvalue weighted by atomic mass is 10.0. The van der Waals surface area contributed by atoms with Crippen LogP contribution in [0, 0.1) is 17.6 Å². The predicted molar refractivity (Wildman–Crippen MR) is 100 cm³/mol. The molecule has 9 heteroatoms. The first-order valence-corrected chi connectivity index (χ1v) is 10.6. The highest BCUT2D eigenvalue weighted by molar-refractivity contribution is 7.89. The van der Waals surface area contributed by atoms with Crippen LogP contribution < -0.4 is 0 Å². The zero-order valence-corrected chi connectivity index (χ0v) is 16.2. The molecule has 0 unspecified atom stereocenters. The summed E-state index contributed by atoms with van der Waals surface area (Å²) in [4.78, 5) is 8.68. The number of hydrogen-bond acceptors (Lipinski definition) is 4. The molecule has 6 nitrogen and oxygen atoms in total. The maximum atomic E-state index is 13.5. The molecule has 0 aliphatic carbocycles. The van der Waals surface area contributed by atoms with Gasteiger partial charge in [0.05, 0.1) is 4.90 Å². The number of sulfonamides is 1. The number of aromatic nitrogens is 3. The summed E-state index contributed by atoms with van der Waals surface area (Å²) in [7, 11) is -3.94. The SMILES string of the molecule is CCn1c(C[C@@H]2CCN(S(=O)(=O)c3cc(F)cc(F)c3)C2)nc2cccnc21. The van der Waals surface area contributed by atoms with Gasteiger partial charge in [-0.1, -0.05) is 0 Å². The van der Waals surface area contributed by atoms with Crippen molar-refractivity contribution in [1.82, 2.24) is 18.8 Å². The van der Waals surface area contributed by atoms with Crippen LogP contribution in [0.15, 0.2) is 41.4 Å². The van der Waals surface area contributed by atoms with Crippen molar-refractivity contribution in [2.45, 2.75) is 31.2 Å². The molecule has 1 fully saturated rings. The summed E-state index contributed by atoms with van der Waals surface area (Å²) in [6.07, 6.45) is 3.01. The van der Waals surface area contributed by atoms with Gasteiger partial charge < -0.3 is 4.57 Å². The topological polar surface area (TPSA) is 68.1 Å². The zero-order chi connectivity index (χ0) is 19.9. The Bertz CT molecular complexity index is 1110. The van der Waals surface area contributed by atoms with Crippen LogP contribution in [0.2, 0.25) is 0 Å². The Kier molecular flexibility index (Phi) is 4.88. The second-order valence-corrected chi connectivity index (χ2v) is 8.88. The van der Waals surface area contributed by atoms with E-state index >= 15 is 0 Å². The summed E-state index contributed by atoms with van der Waals surface area (Å²) < 4.78 is 55.8. The number of rotatable bonds is 5. The van der Waals surface area contributed by atoms with Gasteiger partial charge in [0.15, 0.2) is 5.65 Å². The molecule has 1 aliphatic heterocycles. The van der Waals surface area contributed by atoms with Crippen molar-refractivity contribution in [2.75, 3.05) is 13.1 Å². The second kappa shape index (κ2) is 7.21. The van der Waals surface area contributed by atoms with E-state index in [1.807, 2.05) is 23.6 Å². The molecule has 0 N–H and O–H groups in total. The minimum atomic E-state index is -3.94. The average molecular weight is 406 g/mol. The molecule has 1 saturated heterocycles. The Labute approximate surface area is 161 Å². The van der Waals surface area contributed by atoms with Crippen molar-refractivity contribution >= 4 is 21.2 Å². The van der Waals surface area contributed by atoms with Gasteiger partial charge in [-0.3, -0.25) is 0 Å². The Balaban J connectivity index is 1.55. The molecule has 0 radical (unpaired) electrons. The van der Waals surface area contributed by atoms with Crippen LogP contribution in [-0.2, 0) is 23.0 Å². The van der Waals surface area contributed by atoms with E-state index in [9.17, 15) is 17.2 Å². The molecule has 1 atom stereocenters. The lowest BCUT2D eigenvalue weighted by molar-refractivity contribution is 0.449. The third-order valence-corrected chi connectivity index (χ3v) is 6.94. The van der Waals surface area contributed by atoms with E-state index in [4.69, 9.17) is 0 Å². The first kappa shape index (κ1) is 18.9. The van der Waals surface area contributed by atoms with E-state index in [2.05, 4.69) is 9.97 Å². The Morgan fingerprint density at radius 2 is 1.96 bits per heavy atom. The molecule has 2 aromatic heterocycles. The summed E-state index contributed by atoms with van der Waals surface area (Å²) in [5.74, 6) is -0.857. The number of benzene rings is 1. The number of nitrogens with zero attached hydrogens (tertiary/aromatic N) is 4. The van der Waals surface area contributed by atoms with Gasteiger partial charge in [-0.05, 0) is 43.5 Å². The summed E-state index contributed by atoms with van der Waals surface area (Å²) in [5.41, 5.74) is 1.63. The van der Waals surface area contributed by atoms with E-state index in [1.165, 1.54) is 4.31 Å².